The Morgan fingerprint density at radius 1 is 1.30 bits per heavy atom. The van der Waals surface area contributed by atoms with Crippen molar-refractivity contribution in [2.45, 2.75) is 13.3 Å². The Labute approximate surface area is 163 Å². The minimum atomic E-state index is -0.137. The molecule has 0 aliphatic carbocycles. The van der Waals surface area contributed by atoms with Crippen LogP contribution < -0.4 is 20.3 Å². The zero-order chi connectivity index (χ0) is 19.4. The Hall–Kier alpha value is -2.73. The molecule has 1 fully saturated rings. The molecule has 0 aromatic heterocycles. The largest absolute Gasteiger partial charge is 0.496 e. The Morgan fingerprint density at radius 2 is 2.11 bits per heavy atom. The van der Waals surface area contributed by atoms with E-state index >= 15 is 0 Å². The average Bonchev–Trinajstić information content (AvgIpc) is 2.63. The number of methoxy groups -OCH3 is 1. The Balaban J connectivity index is 1.66. The van der Waals surface area contributed by atoms with E-state index in [0.717, 1.165) is 22.6 Å². The molecule has 0 unspecified atom stereocenters. The van der Waals surface area contributed by atoms with Gasteiger partial charge in [0.05, 0.1) is 30.8 Å². The lowest BCUT2D eigenvalue weighted by atomic mass is 10.1. The maximum absolute atomic E-state index is 12.3. The lowest BCUT2D eigenvalue weighted by molar-refractivity contribution is -0.120. The van der Waals surface area contributed by atoms with Gasteiger partial charge in [0.25, 0.3) is 0 Å². The van der Waals surface area contributed by atoms with Crippen LogP contribution in [0.2, 0.25) is 5.02 Å². The number of piperazine rings is 1. The molecule has 3 rings (SSSR count). The highest BCUT2D eigenvalue weighted by Gasteiger charge is 2.19. The summed E-state index contributed by atoms with van der Waals surface area (Å²) in [6, 6.07) is 11.0. The molecule has 2 aromatic rings. The third kappa shape index (κ3) is 4.71. The summed E-state index contributed by atoms with van der Waals surface area (Å²) < 4.78 is 5.30. The monoisotopic (exact) mass is 387 g/mol. The predicted molar refractivity (Wildman–Crippen MR) is 107 cm³/mol. The van der Waals surface area contributed by atoms with Crippen molar-refractivity contribution in [1.82, 2.24) is 5.32 Å². The summed E-state index contributed by atoms with van der Waals surface area (Å²) in [5.74, 6) is 0.601. The van der Waals surface area contributed by atoms with E-state index in [1.807, 2.05) is 36.1 Å². The first-order valence-corrected chi connectivity index (χ1v) is 9.08. The molecule has 0 radical (unpaired) electrons. The third-order valence-electron chi connectivity index (χ3n) is 4.45. The molecule has 0 atom stereocenters. The minimum absolute atomic E-state index is 0.0248. The summed E-state index contributed by atoms with van der Waals surface area (Å²) in [6.07, 6.45) is 0.238. The molecule has 0 saturated carbocycles. The smallest absolute Gasteiger partial charge is 0.239 e. The SMILES string of the molecule is COc1cc(CC(=O)Nc2ccc(N3CCNC(=O)C3)c(Cl)c2)ccc1C. The van der Waals surface area contributed by atoms with Crippen molar-refractivity contribution in [2.75, 3.05) is 37.0 Å². The van der Waals surface area contributed by atoms with Crippen molar-refractivity contribution in [3.63, 3.8) is 0 Å². The van der Waals surface area contributed by atoms with Gasteiger partial charge in [-0.15, -0.1) is 0 Å². The van der Waals surface area contributed by atoms with Crippen LogP contribution in [0, 0.1) is 6.92 Å². The molecule has 2 amide bonds. The van der Waals surface area contributed by atoms with Crippen molar-refractivity contribution in [2.24, 2.45) is 0 Å². The zero-order valence-electron chi connectivity index (χ0n) is 15.3. The zero-order valence-corrected chi connectivity index (χ0v) is 16.1. The minimum Gasteiger partial charge on any atom is -0.496 e. The van der Waals surface area contributed by atoms with Gasteiger partial charge < -0.3 is 20.3 Å². The van der Waals surface area contributed by atoms with Crippen LogP contribution in [0.5, 0.6) is 5.75 Å². The number of anilines is 2. The van der Waals surface area contributed by atoms with Gasteiger partial charge in [0.1, 0.15) is 5.75 Å². The van der Waals surface area contributed by atoms with Gasteiger partial charge in [-0.3, -0.25) is 9.59 Å². The fourth-order valence-electron chi connectivity index (χ4n) is 3.05. The molecule has 27 heavy (non-hydrogen) atoms. The maximum Gasteiger partial charge on any atom is 0.239 e. The number of halogens is 1. The number of hydrogen-bond acceptors (Lipinski definition) is 4. The van der Waals surface area contributed by atoms with Crippen molar-refractivity contribution in [3.8, 4) is 5.75 Å². The first-order chi connectivity index (χ1) is 13.0. The second-order valence-corrected chi connectivity index (χ2v) is 6.87. The fraction of sp³-hybridized carbons (Fsp3) is 0.300. The number of carbonyl (C=O) groups excluding carboxylic acids is 2. The molecule has 1 aliphatic rings. The van der Waals surface area contributed by atoms with Crippen LogP contribution >= 0.6 is 11.6 Å². The van der Waals surface area contributed by atoms with Gasteiger partial charge in [-0.2, -0.15) is 0 Å². The van der Waals surface area contributed by atoms with Gasteiger partial charge in [-0.25, -0.2) is 0 Å². The molecule has 6 nitrogen and oxygen atoms in total. The summed E-state index contributed by atoms with van der Waals surface area (Å²) in [6.45, 7) is 3.53. The molecule has 1 saturated heterocycles. The third-order valence-corrected chi connectivity index (χ3v) is 4.75. The van der Waals surface area contributed by atoms with Gasteiger partial charge in [-0.1, -0.05) is 23.7 Å². The Morgan fingerprint density at radius 3 is 2.81 bits per heavy atom. The molecule has 1 heterocycles. The maximum atomic E-state index is 12.3. The van der Waals surface area contributed by atoms with Gasteiger partial charge >= 0.3 is 0 Å². The van der Waals surface area contributed by atoms with Crippen molar-refractivity contribution in [1.29, 1.82) is 0 Å². The van der Waals surface area contributed by atoms with E-state index in [9.17, 15) is 9.59 Å². The van der Waals surface area contributed by atoms with Gasteiger partial charge in [0.2, 0.25) is 11.8 Å². The molecule has 2 N–H and O–H groups in total. The highest BCUT2D eigenvalue weighted by molar-refractivity contribution is 6.33. The number of hydrogen-bond donors (Lipinski definition) is 2. The predicted octanol–water partition coefficient (Wildman–Crippen LogP) is 2.77. The molecule has 1 aliphatic heterocycles. The highest BCUT2D eigenvalue weighted by atomic mass is 35.5. The summed E-state index contributed by atoms with van der Waals surface area (Å²) in [4.78, 5) is 25.8. The summed E-state index contributed by atoms with van der Waals surface area (Å²) in [5.41, 5.74) is 3.30. The quantitative estimate of drug-likeness (QED) is 0.827. The lowest BCUT2D eigenvalue weighted by Gasteiger charge is -2.29. The van der Waals surface area contributed by atoms with Gasteiger partial charge in [0, 0.05) is 18.8 Å². The summed E-state index contributed by atoms with van der Waals surface area (Å²) >= 11 is 6.37. The molecular weight excluding hydrogens is 366 g/mol. The van der Waals surface area contributed by atoms with Crippen LogP contribution in [0.15, 0.2) is 36.4 Å². The van der Waals surface area contributed by atoms with Crippen LogP contribution in [0.1, 0.15) is 11.1 Å². The fourth-order valence-corrected chi connectivity index (χ4v) is 3.35. The molecule has 7 heteroatoms. The number of benzene rings is 2. The average molecular weight is 388 g/mol. The van der Waals surface area contributed by atoms with Crippen LogP contribution in [0.25, 0.3) is 0 Å². The number of carbonyl (C=O) groups is 2. The first-order valence-electron chi connectivity index (χ1n) is 8.71. The van der Waals surface area contributed by atoms with E-state index in [0.29, 0.717) is 23.8 Å². The van der Waals surface area contributed by atoms with E-state index in [-0.39, 0.29) is 24.8 Å². The number of aryl methyl sites for hydroxylation is 1. The van der Waals surface area contributed by atoms with Crippen molar-refractivity contribution in [3.05, 3.63) is 52.5 Å². The summed E-state index contributed by atoms with van der Waals surface area (Å²) in [5, 5.41) is 6.14. The van der Waals surface area contributed by atoms with E-state index in [1.54, 1.807) is 19.2 Å². The van der Waals surface area contributed by atoms with E-state index in [1.165, 1.54) is 0 Å². The molecule has 2 aromatic carbocycles. The molecule has 0 bridgehead atoms. The first kappa shape index (κ1) is 19.0. The number of ether oxygens (including phenoxy) is 1. The second kappa shape index (κ2) is 8.31. The normalized spacial score (nSPS) is 13.9. The van der Waals surface area contributed by atoms with E-state index < -0.39 is 0 Å². The molecule has 0 spiro atoms. The number of rotatable bonds is 5. The van der Waals surface area contributed by atoms with Gasteiger partial charge in [0.15, 0.2) is 0 Å². The van der Waals surface area contributed by atoms with Gasteiger partial charge in [-0.05, 0) is 42.3 Å². The lowest BCUT2D eigenvalue weighted by Crippen LogP contribution is -2.47. The standard InChI is InChI=1S/C20H22ClN3O3/c1-13-3-4-14(9-18(13)27-2)10-19(25)23-15-5-6-17(16(21)11-15)24-8-7-22-20(26)12-24/h3-6,9,11H,7-8,10,12H2,1-2H3,(H,22,26)(H,23,25). The topological polar surface area (TPSA) is 70.7 Å². The Bertz CT molecular complexity index is 870. The Kier molecular flexibility index (Phi) is 5.86. The van der Waals surface area contributed by atoms with Crippen LogP contribution in [-0.4, -0.2) is 38.6 Å². The number of nitrogens with one attached hydrogen (secondary N) is 2. The van der Waals surface area contributed by atoms with Crippen molar-refractivity contribution < 1.29 is 14.3 Å². The van der Waals surface area contributed by atoms with Crippen molar-refractivity contribution >= 4 is 34.8 Å². The van der Waals surface area contributed by atoms with E-state index in [2.05, 4.69) is 10.6 Å². The van der Waals surface area contributed by atoms with Crippen LogP contribution in [0.3, 0.4) is 0 Å². The number of amides is 2. The molecule has 142 valence electrons. The highest BCUT2D eigenvalue weighted by Crippen LogP contribution is 2.29. The van der Waals surface area contributed by atoms with E-state index in [4.69, 9.17) is 16.3 Å². The number of nitrogens with zero attached hydrogens (tertiary/aromatic N) is 1. The second-order valence-electron chi connectivity index (χ2n) is 6.47. The summed E-state index contributed by atoms with van der Waals surface area (Å²) in [7, 11) is 1.61. The van der Waals surface area contributed by atoms with Crippen LogP contribution in [0.4, 0.5) is 11.4 Å². The van der Waals surface area contributed by atoms with Crippen LogP contribution in [-0.2, 0) is 16.0 Å². The molecular formula is C20H22ClN3O3.